The monoisotopic (exact) mass is 488 g/mol. The molecule has 0 bridgehead atoms. The molecule has 0 atom stereocenters. The molecule has 156 valence electrons. The summed E-state index contributed by atoms with van der Waals surface area (Å²) in [7, 11) is 0. The summed E-state index contributed by atoms with van der Waals surface area (Å²) in [5.41, 5.74) is -1.41. The minimum absolute atomic E-state index is 0.0583. The van der Waals surface area contributed by atoms with E-state index >= 15 is 0 Å². The van der Waals surface area contributed by atoms with Crippen LogP contribution in [0.25, 0.3) is 22.1 Å². The van der Waals surface area contributed by atoms with E-state index in [4.69, 9.17) is 9.15 Å². The predicted molar refractivity (Wildman–Crippen MR) is 112 cm³/mol. The van der Waals surface area contributed by atoms with Crippen molar-refractivity contribution in [2.24, 2.45) is 0 Å². The lowest BCUT2D eigenvalue weighted by atomic mass is 10.0. The Morgan fingerprint density at radius 2 is 1.61 bits per heavy atom. The van der Waals surface area contributed by atoms with Gasteiger partial charge in [-0.15, -0.1) is 0 Å². The van der Waals surface area contributed by atoms with Crippen LogP contribution in [0.1, 0.15) is 16.1 Å². The molecule has 0 saturated carbocycles. The van der Waals surface area contributed by atoms with E-state index in [1.807, 2.05) is 0 Å². The first-order chi connectivity index (χ1) is 14.8. The number of fused-ring (bicyclic) bond motifs is 1. The topological polar surface area (TPSA) is 56.5 Å². The first-order valence-electron chi connectivity index (χ1n) is 8.96. The fourth-order valence-corrected chi connectivity index (χ4v) is 3.54. The Bertz CT molecular complexity index is 1340. The number of ether oxygens (including phenoxy) is 1. The highest BCUT2D eigenvalue weighted by Crippen LogP contribution is 2.37. The van der Waals surface area contributed by atoms with Gasteiger partial charge in [0, 0.05) is 10.5 Å². The number of alkyl halides is 3. The van der Waals surface area contributed by atoms with Crippen LogP contribution in [0.3, 0.4) is 0 Å². The highest BCUT2D eigenvalue weighted by atomic mass is 79.9. The highest BCUT2D eigenvalue weighted by molar-refractivity contribution is 9.10. The molecule has 0 aliphatic heterocycles. The Kier molecular flexibility index (Phi) is 5.41. The van der Waals surface area contributed by atoms with E-state index in [1.165, 1.54) is 42.5 Å². The molecule has 0 radical (unpaired) electrons. The van der Waals surface area contributed by atoms with Gasteiger partial charge in [0.1, 0.15) is 11.3 Å². The van der Waals surface area contributed by atoms with Crippen LogP contribution in [0.2, 0.25) is 0 Å². The van der Waals surface area contributed by atoms with Crippen LogP contribution < -0.4 is 10.2 Å². The fraction of sp³-hybridized carbons (Fsp3) is 0.0435. The molecular formula is C23H12BrF3O4. The van der Waals surface area contributed by atoms with Gasteiger partial charge < -0.3 is 9.15 Å². The van der Waals surface area contributed by atoms with Gasteiger partial charge in [-0.1, -0.05) is 42.5 Å². The van der Waals surface area contributed by atoms with Gasteiger partial charge in [-0.25, -0.2) is 4.79 Å². The predicted octanol–water partition coefficient (Wildman–Crippen LogP) is 6.46. The second-order valence-electron chi connectivity index (χ2n) is 6.53. The molecule has 4 rings (SSSR count). The zero-order valence-corrected chi connectivity index (χ0v) is 17.2. The first kappa shape index (κ1) is 20.9. The van der Waals surface area contributed by atoms with Crippen molar-refractivity contribution in [3.8, 4) is 16.9 Å². The molecule has 1 aromatic heterocycles. The molecule has 8 heteroatoms. The molecule has 4 aromatic rings. The molecule has 0 amide bonds. The number of rotatable bonds is 3. The fourth-order valence-electron chi connectivity index (χ4n) is 3.09. The molecule has 1 heterocycles. The van der Waals surface area contributed by atoms with Crippen LogP contribution in [0.5, 0.6) is 5.75 Å². The zero-order valence-electron chi connectivity index (χ0n) is 15.6. The molecule has 0 aliphatic carbocycles. The van der Waals surface area contributed by atoms with E-state index in [-0.39, 0.29) is 27.8 Å². The molecule has 0 N–H and O–H groups in total. The number of carbonyl (C=O) groups is 1. The number of benzene rings is 3. The molecule has 3 aromatic carbocycles. The van der Waals surface area contributed by atoms with Crippen LogP contribution in [0.15, 0.2) is 86.5 Å². The average Bonchev–Trinajstić information content (AvgIpc) is 2.73. The second kappa shape index (κ2) is 8.03. The molecule has 0 spiro atoms. The number of carbonyl (C=O) groups excluding carboxylic acids is 1. The van der Waals surface area contributed by atoms with Crippen molar-refractivity contribution in [3.05, 3.63) is 98.8 Å². The molecule has 31 heavy (non-hydrogen) atoms. The third-order valence-corrected chi connectivity index (χ3v) is 5.18. The van der Waals surface area contributed by atoms with Gasteiger partial charge in [-0.2, -0.15) is 13.2 Å². The van der Waals surface area contributed by atoms with Crippen LogP contribution in [-0.4, -0.2) is 5.97 Å². The van der Waals surface area contributed by atoms with Crippen molar-refractivity contribution < 1.29 is 27.1 Å². The number of hydrogen-bond donors (Lipinski definition) is 0. The van der Waals surface area contributed by atoms with E-state index < -0.39 is 28.9 Å². The molecular weight excluding hydrogens is 477 g/mol. The lowest BCUT2D eigenvalue weighted by molar-refractivity contribution is -0.152. The van der Waals surface area contributed by atoms with Gasteiger partial charge in [0.25, 0.3) is 0 Å². The summed E-state index contributed by atoms with van der Waals surface area (Å²) < 4.78 is 52.0. The molecule has 0 fully saturated rings. The molecule has 0 aliphatic rings. The highest BCUT2D eigenvalue weighted by Gasteiger charge is 2.39. The first-order valence-corrected chi connectivity index (χ1v) is 9.75. The molecule has 0 unspecified atom stereocenters. The number of halogens is 4. The van der Waals surface area contributed by atoms with E-state index in [0.29, 0.717) is 4.47 Å². The van der Waals surface area contributed by atoms with E-state index in [0.717, 1.165) is 6.07 Å². The van der Waals surface area contributed by atoms with Crippen molar-refractivity contribution in [1.29, 1.82) is 0 Å². The van der Waals surface area contributed by atoms with Crippen molar-refractivity contribution >= 4 is 32.9 Å². The molecule has 4 nitrogen and oxygen atoms in total. The maximum Gasteiger partial charge on any atom is 0.450 e. The van der Waals surface area contributed by atoms with Crippen LogP contribution >= 0.6 is 15.9 Å². The summed E-state index contributed by atoms with van der Waals surface area (Å²) in [6.45, 7) is 0. The van der Waals surface area contributed by atoms with Crippen molar-refractivity contribution in [1.82, 2.24) is 0 Å². The average molecular weight is 489 g/mol. The summed E-state index contributed by atoms with van der Waals surface area (Å²) in [4.78, 5) is 25.3. The van der Waals surface area contributed by atoms with Gasteiger partial charge in [-0.05, 0) is 45.8 Å². The SMILES string of the molecule is O=C(Oc1ccc2c(=O)c(-c3ccccc3)c(C(F)(F)F)oc2c1)c1ccccc1Br. The minimum Gasteiger partial charge on any atom is -0.450 e. The van der Waals surface area contributed by atoms with Gasteiger partial charge in [-0.3, -0.25) is 4.79 Å². The summed E-state index contributed by atoms with van der Waals surface area (Å²) in [6, 6.07) is 17.7. The summed E-state index contributed by atoms with van der Waals surface area (Å²) in [6.07, 6.45) is -4.90. The second-order valence-corrected chi connectivity index (χ2v) is 7.38. The summed E-state index contributed by atoms with van der Waals surface area (Å²) in [5.74, 6) is -2.19. The van der Waals surface area contributed by atoms with Gasteiger partial charge >= 0.3 is 12.1 Å². The summed E-state index contributed by atoms with van der Waals surface area (Å²) in [5, 5.41) is -0.0625. The number of hydrogen-bond acceptors (Lipinski definition) is 4. The maximum atomic E-state index is 13.7. The lowest BCUT2D eigenvalue weighted by Gasteiger charge is -2.13. The Morgan fingerprint density at radius 1 is 0.935 bits per heavy atom. The summed E-state index contributed by atoms with van der Waals surface area (Å²) >= 11 is 3.24. The Balaban J connectivity index is 1.83. The van der Waals surface area contributed by atoms with Gasteiger partial charge in [0.2, 0.25) is 11.2 Å². The standard InChI is InChI=1S/C23H12BrF3O4/c24-17-9-5-4-8-15(17)22(29)30-14-10-11-16-18(12-14)31-21(23(25,26)27)19(20(16)28)13-6-2-1-3-7-13/h1-12H. The third-order valence-electron chi connectivity index (χ3n) is 4.49. The van der Waals surface area contributed by atoms with E-state index in [1.54, 1.807) is 24.3 Å². The lowest BCUT2D eigenvalue weighted by Crippen LogP contribution is -2.16. The number of esters is 1. The molecule has 0 saturated heterocycles. The minimum atomic E-state index is -4.90. The largest absolute Gasteiger partial charge is 0.450 e. The Morgan fingerprint density at radius 3 is 2.29 bits per heavy atom. The normalized spacial score (nSPS) is 11.5. The van der Waals surface area contributed by atoms with Gasteiger partial charge in [0.05, 0.1) is 16.5 Å². The zero-order chi connectivity index (χ0) is 22.2. The van der Waals surface area contributed by atoms with Crippen molar-refractivity contribution in [2.75, 3.05) is 0 Å². The quantitative estimate of drug-likeness (QED) is 0.245. The van der Waals surface area contributed by atoms with Crippen LogP contribution in [-0.2, 0) is 6.18 Å². The Hall–Kier alpha value is -3.39. The van der Waals surface area contributed by atoms with Crippen LogP contribution in [0.4, 0.5) is 13.2 Å². The van der Waals surface area contributed by atoms with E-state index in [2.05, 4.69) is 15.9 Å². The third kappa shape index (κ3) is 4.11. The smallest absolute Gasteiger partial charge is 0.450 e. The van der Waals surface area contributed by atoms with Crippen LogP contribution in [0, 0.1) is 0 Å². The Labute approximate surface area is 182 Å². The van der Waals surface area contributed by atoms with E-state index in [9.17, 15) is 22.8 Å². The maximum absolute atomic E-state index is 13.7. The van der Waals surface area contributed by atoms with Crippen molar-refractivity contribution in [2.45, 2.75) is 6.18 Å². The van der Waals surface area contributed by atoms with Crippen molar-refractivity contribution in [3.63, 3.8) is 0 Å². The van der Waals surface area contributed by atoms with Gasteiger partial charge in [0.15, 0.2) is 0 Å².